The zero-order chi connectivity index (χ0) is 35.2. The first kappa shape index (κ1) is 30.9. The summed E-state index contributed by atoms with van der Waals surface area (Å²) >= 11 is 0. The highest BCUT2D eigenvalue weighted by atomic mass is 15.1. The average Bonchev–Trinajstić information content (AvgIpc) is 3.82. The Labute approximate surface area is 307 Å². The second-order valence-corrected chi connectivity index (χ2v) is 15.7. The molecule has 7 aromatic rings. The maximum Gasteiger partial charge on any atom is 0.0468 e. The molecule has 1 nitrogen and oxygen atoms in total. The van der Waals surface area contributed by atoms with Crippen LogP contribution in [0.4, 0.5) is 17.1 Å². The fraction of sp³-hybridized carbons (Fsp3) is 0.137. The minimum Gasteiger partial charge on any atom is -0.310 e. The van der Waals surface area contributed by atoms with E-state index >= 15 is 0 Å². The first-order valence-electron chi connectivity index (χ1n) is 18.6. The molecule has 7 aromatic carbocycles. The van der Waals surface area contributed by atoms with E-state index in [1.54, 1.807) is 0 Å². The summed E-state index contributed by atoms with van der Waals surface area (Å²) in [6.45, 7) is 9.45. The van der Waals surface area contributed by atoms with Gasteiger partial charge in [-0.2, -0.15) is 0 Å². The Kier molecular flexibility index (Phi) is 6.70. The van der Waals surface area contributed by atoms with Crippen LogP contribution in [-0.4, -0.2) is 0 Å². The number of nitrogens with zero attached hydrogens (tertiary/aromatic N) is 1. The van der Waals surface area contributed by atoms with Crippen molar-refractivity contribution in [1.82, 2.24) is 0 Å². The number of fused-ring (bicyclic) bond motifs is 7. The SMILES string of the molecule is CC1(C)C2=CCC=C2c2cc(N(c3ccccc3)c3ccc(-c4ccc(-c5c6c(cc7ccccc57)C(C)(C)c5ccccc5-6)cc4)cc3)ccc21. The predicted octanol–water partition coefficient (Wildman–Crippen LogP) is 14.0. The Bertz CT molecular complexity index is 2610. The van der Waals surface area contributed by atoms with Gasteiger partial charge < -0.3 is 4.90 Å². The highest BCUT2D eigenvalue weighted by Gasteiger charge is 2.40. The van der Waals surface area contributed by atoms with Gasteiger partial charge in [0.15, 0.2) is 0 Å². The number of benzene rings is 7. The van der Waals surface area contributed by atoms with Gasteiger partial charge in [-0.3, -0.25) is 0 Å². The van der Waals surface area contributed by atoms with Crippen molar-refractivity contribution in [2.75, 3.05) is 4.90 Å². The third kappa shape index (κ3) is 4.48. The molecular formula is C51H41N. The maximum absolute atomic E-state index is 2.42. The number of hydrogen-bond donors (Lipinski definition) is 0. The molecule has 0 atom stereocenters. The van der Waals surface area contributed by atoms with Crippen LogP contribution in [0.2, 0.25) is 0 Å². The fourth-order valence-corrected chi connectivity index (χ4v) is 9.41. The molecule has 0 N–H and O–H groups in total. The lowest BCUT2D eigenvalue weighted by Gasteiger charge is -2.27. The van der Waals surface area contributed by atoms with E-state index in [9.17, 15) is 0 Å². The van der Waals surface area contributed by atoms with E-state index in [-0.39, 0.29) is 10.8 Å². The molecule has 3 aliphatic carbocycles. The van der Waals surface area contributed by atoms with Gasteiger partial charge in [0.25, 0.3) is 0 Å². The summed E-state index contributed by atoms with van der Waals surface area (Å²) < 4.78 is 0. The van der Waals surface area contributed by atoms with Crippen LogP contribution in [0.15, 0.2) is 169 Å². The lowest BCUT2D eigenvalue weighted by Crippen LogP contribution is -2.15. The van der Waals surface area contributed by atoms with Crippen molar-refractivity contribution in [2.24, 2.45) is 0 Å². The highest BCUT2D eigenvalue weighted by Crippen LogP contribution is 2.55. The highest BCUT2D eigenvalue weighted by molar-refractivity contribution is 6.08. The molecule has 0 heterocycles. The van der Waals surface area contributed by atoms with E-state index in [2.05, 4.69) is 196 Å². The van der Waals surface area contributed by atoms with Crippen molar-refractivity contribution in [3.8, 4) is 33.4 Å². The maximum atomic E-state index is 2.42. The van der Waals surface area contributed by atoms with Crippen molar-refractivity contribution >= 4 is 33.4 Å². The molecular weight excluding hydrogens is 627 g/mol. The molecule has 0 saturated heterocycles. The number of para-hydroxylation sites is 1. The van der Waals surface area contributed by atoms with Crippen LogP contribution < -0.4 is 4.90 Å². The smallest absolute Gasteiger partial charge is 0.0468 e. The van der Waals surface area contributed by atoms with Gasteiger partial charge in [0, 0.05) is 27.9 Å². The van der Waals surface area contributed by atoms with Gasteiger partial charge in [-0.05, 0) is 126 Å². The molecule has 0 amide bonds. The first-order valence-corrected chi connectivity index (χ1v) is 18.6. The summed E-state index contributed by atoms with van der Waals surface area (Å²) in [4.78, 5) is 2.39. The summed E-state index contributed by atoms with van der Waals surface area (Å²) in [5.41, 5.74) is 19.7. The van der Waals surface area contributed by atoms with Crippen LogP contribution in [0.5, 0.6) is 0 Å². The molecule has 3 aliphatic rings. The van der Waals surface area contributed by atoms with E-state index in [0.717, 1.165) is 17.8 Å². The second-order valence-electron chi connectivity index (χ2n) is 15.7. The molecule has 1 heteroatoms. The molecule has 0 spiro atoms. The summed E-state index contributed by atoms with van der Waals surface area (Å²) in [5.74, 6) is 0. The lowest BCUT2D eigenvalue weighted by atomic mass is 9.80. The Morgan fingerprint density at radius 2 is 1.06 bits per heavy atom. The van der Waals surface area contributed by atoms with E-state index < -0.39 is 0 Å². The number of anilines is 3. The first-order chi connectivity index (χ1) is 25.3. The zero-order valence-corrected chi connectivity index (χ0v) is 30.2. The van der Waals surface area contributed by atoms with Crippen LogP contribution in [-0.2, 0) is 10.8 Å². The third-order valence-corrected chi connectivity index (χ3v) is 12.1. The average molecular weight is 668 g/mol. The van der Waals surface area contributed by atoms with Crippen molar-refractivity contribution in [3.05, 3.63) is 192 Å². The van der Waals surface area contributed by atoms with Crippen LogP contribution in [0.1, 0.15) is 56.4 Å². The lowest BCUT2D eigenvalue weighted by molar-refractivity contribution is 0.660. The third-order valence-electron chi connectivity index (χ3n) is 12.1. The molecule has 0 bridgehead atoms. The monoisotopic (exact) mass is 667 g/mol. The van der Waals surface area contributed by atoms with Crippen molar-refractivity contribution in [3.63, 3.8) is 0 Å². The standard InChI is InChI=1S/C51H41N/c1-50(2)44-20-12-18-41(44)43-32-39(29-30-46(43)50)52(37-14-6-5-7-15-37)38-27-25-34(26-28-38)33-21-23-35(24-22-33)48-40-16-9-8-13-36(40)31-47-49(48)42-17-10-11-19-45(42)51(47,3)4/h5-11,13-32H,12H2,1-4H3. The second kappa shape index (κ2) is 11.3. The quantitative estimate of drug-likeness (QED) is 0.177. The van der Waals surface area contributed by atoms with E-state index in [0.29, 0.717) is 0 Å². The number of rotatable bonds is 5. The van der Waals surface area contributed by atoms with Crippen LogP contribution in [0, 0.1) is 0 Å². The zero-order valence-electron chi connectivity index (χ0n) is 30.2. The molecule has 0 fully saturated rings. The fourth-order valence-electron chi connectivity index (χ4n) is 9.41. The Morgan fingerprint density at radius 3 is 1.85 bits per heavy atom. The van der Waals surface area contributed by atoms with Crippen LogP contribution in [0.25, 0.3) is 49.7 Å². The van der Waals surface area contributed by atoms with Crippen molar-refractivity contribution in [2.45, 2.75) is 44.9 Å². The minimum absolute atomic E-state index is 0.0414. The van der Waals surface area contributed by atoms with Crippen molar-refractivity contribution < 1.29 is 0 Å². The molecule has 250 valence electrons. The molecule has 52 heavy (non-hydrogen) atoms. The van der Waals surface area contributed by atoms with Gasteiger partial charge in [-0.15, -0.1) is 0 Å². The molecule has 0 radical (unpaired) electrons. The Hall–Kier alpha value is -5.92. The summed E-state index contributed by atoms with van der Waals surface area (Å²) in [7, 11) is 0. The number of allylic oxidation sites excluding steroid dienone is 4. The Morgan fingerprint density at radius 1 is 0.442 bits per heavy atom. The van der Waals surface area contributed by atoms with Gasteiger partial charge in [-0.25, -0.2) is 0 Å². The molecule has 10 rings (SSSR count). The summed E-state index contributed by atoms with van der Waals surface area (Å²) in [6.07, 6.45) is 5.83. The van der Waals surface area contributed by atoms with Gasteiger partial charge >= 0.3 is 0 Å². The van der Waals surface area contributed by atoms with Crippen molar-refractivity contribution in [1.29, 1.82) is 0 Å². The van der Waals surface area contributed by atoms with Gasteiger partial charge in [0.2, 0.25) is 0 Å². The van der Waals surface area contributed by atoms with Gasteiger partial charge in [-0.1, -0.05) is 149 Å². The van der Waals surface area contributed by atoms with E-state index in [1.165, 1.54) is 83.2 Å². The summed E-state index contributed by atoms with van der Waals surface area (Å²) in [5, 5.41) is 2.60. The molecule has 0 unspecified atom stereocenters. The normalized spacial score (nSPS) is 15.8. The Balaban J connectivity index is 1.03. The molecule has 0 saturated carbocycles. The number of hydrogen-bond acceptors (Lipinski definition) is 1. The van der Waals surface area contributed by atoms with Gasteiger partial charge in [0.1, 0.15) is 0 Å². The molecule has 0 aliphatic heterocycles. The van der Waals surface area contributed by atoms with E-state index in [4.69, 9.17) is 0 Å². The largest absolute Gasteiger partial charge is 0.310 e. The summed E-state index contributed by atoms with van der Waals surface area (Å²) in [6, 6.07) is 56.4. The predicted molar refractivity (Wildman–Crippen MR) is 221 cm³/mol. The topological polar surface area (TPSA) is 3.24 Å². The van der Waals surface area contributed by atoms with Crippen LogP contribution >= 0.6 is 0 Å². The minimum atomic E-state index is -0.0514. The van der Waals surface area contributed by atoms with Gasteiger partial charge in [0.05, 0.1) is 0 Å². The molecule has 0 aromatic heterocycles. The van der Waals surface area contributed by atoms with E-state index in [1.807, 2.05) is 0 Å². The van der Waals surface area contributed by atoms with Crippen LogP contribution in [0.3, 0.4) is 0 Å².